The Bertz CT molecular complexity index is 1360. The minimum atomic E-state index is -0.799. The average Bonchev–Trinajstić information content (AvgIpc) is 3.34. The molecule has 0 spiro atoms. The van der Waals surface area contributed by atoms with Gasteiger partial charge in [0, 0.05) is 19.3 Å². The van der Waals surface area contributed by atoms with Crippen LogP contribution in [0.2, 0.25) is 0 Å². The van der Waals surface area contributed by atoms with Gasteiger partial charge in [-0.15, -0.1) is 0 Å². The van der Waals surface area contributed by atoms with Crippen LogP contribution in [0.4, 0.5) is 0 Å². The average molecular weight is 946 g/mol. The van der Waals surface area contributed by atoms with E-state index in [4.69, 9.17) is 14.2 Å². The van der Waals surface area contributed by atoms with Crippen molar-refractivity contribution in [2.45, 2.75) is 264 Å². The van der Waals surface area contributed by atoms with E-state index in [0.717, 1.165) is 141 Å². The van der Waals surface area contributed by atoms with Gasteiger partial charge < -0.3 is 14.2 Å². The van der Waals surface area contributed by atoms with E-state index < -0.39 is 6.10 Å². The van der Waals surface area contributed by atoms with E-state index in [2.05, 4.69) is 118 Å². The Morgan fingerprint density at radius 1 is 0.309 bits per heavy atom. The van der Waals surface area contributed by atoms with Crippen molar-refractivity contribution < 1.29 is 28.6 Å². The molecule has 0 aliphatic rings. The molecule has 0 amide bonds. The van der Waals surface area contributed by atoms with Crippen molar-refractivity contribution in [3.05, 3.63) is 97.2 Å². The summed E-state index contributed by atoms with van der Waals surface area (Å²) in [5, 5.41) is 0. The van der Waals surface area contributed by atoms with E-state index >= 15 is 0 Å². The van der Waals surface area contributed by atoms with E-state index in [1.807, 2.05) is 0 Å². The molecule has 0 heterocycles. The Morgan fingerprint density at radius 2 is 0.588 bits per heavy atom. The highest BCUT2D eigenvalue weighted by Crippen LogP contribution is 2.14. The number of rotatable bonds is 50. The van der Waals surface area contributed by atoms with Gasteiger partial charge in [-0.1, -0.05) is 221 Å². The minimum Gasteiger partial charge on any atom is -0.462 e. The second-order valence-corrected chi connectivity index (χ2v) is 18.5. The van der Waals surface area contributed by atoms with Crippen LogP contribution in [0.5, 0.6) is 0 Å². The number of carbonyl (C=O) groups excluding carboxylic acids is 3. The molecule has 0 fully saturated rings. The second kappa shape index (κ2) is 55.9. The molecule has 68 heavy (non-hydrogen) atoms. The normalized spacial score (nSPS) is 12.8. The lowest BCUT2D eigenvalue weighted by molar-refractivity contribution is -0.167. The molecule has 1 atom stereocenters. The van der Waals surface area contributed by atoms with Crippen LogP contribution in [-0.4, -0.2) is 37.2 Å². The van der Waals surface area contributed by atoms with Crippen LogP contribution in [0.15, 0.2) is 97.2 Å². The first kappa shape index (κ1) is 64.3. The largest absolute Gasteiger partial charge is 0.462 e. The molecule has 388 valence electrons. The molecule has 0 aromatic heterocycles. The molecule has 0 N–H and O–H groups in total. The number of unbranched alkanes of at least 4 members (excludes halogenated alkanes) is 23. The van der Waals surface area contributed by atoms with Gasteiger partial charge in [-0.3, -0.25) is 14.4 Å². The van der Waals surface area contributed by atoms with Gasteiger partial charge in [0.2, 0.25) is 0 Å². The lowest BCUT2D eigenvalue weighted by Crippen LogP contribution is -2.30. The maximum absolute atomic E-state index is 12.8. The van der Waals surface area contributed by atoms with Gasteiger partial charge in [0.1, 0.15) is 13.2 Å². The Hall–Kier alpha value is -3.67. The molecule has 0 saturated carbocycles. The topological polar surface area (TPSA) is 78.9 Å². The zero-order chi connectivity index (χ0) is 49.3. The first-order valence-electron chi connectivity index (χ1n) is 28.2. The summed E-state index contributed by atoms with van der Waals surface area (Å²) in [4.78, 5) is 38.1. The van der Waals surface area contributed by atoms with E-state index in [-0.39, 0.29) is 31.1 Å². The van der Waals surface area contributed by atoms with Gasteiger partial charge in [0.25, 0.3) is 0 Å². The molecule has 0 bridgehead atoms. The van der Waals surface area contributed by atoms with Crippen LogP contribution in [0.25, 0.3) is 0 Å². The molecule has 0 aromatic rings. The fourth-order valence-electron chi connectivity index (χ4n) is 7.54. The summed E-state index contributed by atoms with van der Waals surface area (Å²) in [6.45, 7) is 6.44. The van der Waals surface area contributed by atoms with E-state index in [9.17, 15) is 14.4 Å². The molecule has 6 nitrogen and oxygen atoms in total. The van der Waals surface area contributed by atoms with Crippen molar-refractivity contribution in [1.29, 1.82) is 0 Å². The second-order valence-electron chi connectivity index (χ2n) is 18.5. The van der Waals surface area contributed by atoms with Crippen molar-refractivity contribution in [3.8, 4) is 0 Å². The Morgan fingerprint density at radius 3 is 0.941 bits per heavy atom. The number of hydrogen-bond acceptors (Lipinski definition) is 6. The van der Waals surface area contributed by atoms with Gasteiger partial charge >= 0.3 is 17.9 Å². The highest BCUT2D eigenvalue weighted by atomic mass is 16.6. The van der Waals surface area contributed by atoms with Gasteiger partial charge in [0.05, 0.1) is 0 Å². The SMILES string of the molecule is CC/C=C\C/C=C\C/C=C\CCCCCCCC(=O)OC(COC(=O)CCCCCCC/C=C\C/C=C\CCCC)COC(=O)CCCCCCCC/C=C\C/C=C\C/C=C\CCCCCCC. The molecule has 0 saturated heterocycles. The van der Waals surface area contributed by atoms with Crippen molar-refractivity contribution >= 4 is 17.9 Å². The number of carbonyl (C=O) groups is 3. The van der Waals surface area contributed by atoms with Crippen molar-refractivity contribution in [2.75, 3.05) is 13.2 Å². The van der Waals surface area contributed by atoms with Crippen molar-refractivity contribution in [2.24, 2.45) is 0 Å². The summed E-state index contributed by atoms with van der Waals surface area (Å²) in [5.41, 5.74) is 0. The number of ether oxygens (including phenoxy) is 3. The Kier molecular flexibility index (Phi) is 52.9. The number of esters is 3. The number of allylic oxidation sites excluding steroid dienone is 16. The molecule has 0 radical (unpaired) electrons. The smallest absolute Gasteiger partial charge is 0.306 e. The Balaban J connectivity index is 4.43. The van der Waals surface area contributed by atoms with Crippen LogP contribution < -0.4 is 0 Å². The molecule has 0 rings (SSSR count). The van der Waals surface area contributed by atoms with Crippen LogP contribution in [0.1, 0.15) is 258 Å². The maximum atomic E-state index is 12.8. The molecule has 0 aliphatic carbocycles. The van der Waals surface area contributed by atoms with Gasteiger partial charge in [-0.25, -0.2) is 0 Å². The van der Waals surface area contributed by atoms with E-state index in [1.165, 1.54) is 77.0 Å². The third kappa shape index (κ3) is 53.3. The van der Waals surface area contributed by atoms with Gasteiger partial charge in [0.15, 0.2) is 6.10 Å². The van der Waals surface area contributed by atoms with Crippen molar-refractivity contribution in [1.82, 2.24) is 0 Å². The summed E-state index contributed by atoms with van der Waals surface area (Å²) < 4.78 is 16.8. The van der Waals surface area contributed by atoms with Crippen LogP contribution in [0.3, 0.4) is 0 Å². The first-order chi connectivity index (χ1) is 33.5. The quantitative estimate of drug-likeness (QED) is 0.0262. The highest BCUT2D eigenvalue weighted by molar-refractivity contribution is 5.71. The van der Waals surface area contributed by atoms with E-state index in [0.29, 0.717) is 19.3 Å². The summed E-state index contributed by atoms with van der Waals surface area (Å²) in [6, 6.07) is 0. The molecule has 6 heteroatoms. The predicted octanol–water partition coefficient (Wildman–Crippen LogP) is 18.9. The van der Waals surface area contributed by atoms with Crippen LogP contribution in [0, 0.1) is 0 Å². The summed E-state index contributed by atoms with van der Waals surface area (Å²) >= 11 is 0. The van der Waals surface area contributed by atoms with Gasteiger partial charge in [-0.05, 0) is 116 Å². The molecule has 0 aromatic carbocycles. The highest BCUT2D eigenvalue weighted by Gasteiger charge is 2.19. The zero-order valence-electron chi connectivity index (χ0n) is 44.3. The molecule has 1 unspecified atom stereocenters. The number of hydrogen-bond donors (Lipinski definition) is 0. The lowest BCUT2D eigenvalue weighted by atomic mass is 10.1. The Labute approximate surface area is 419 Å². The lowest BCUT2D eigenvalue weighted by Gasteiger charge is -2.18. The van der Waals surface area contributed by atoms with Crippen molar-refractivity contribution in [3.63, 3.8) is 0 Å². The fourth-order valence-corrected chi connectivity index (χ4v) is 7.54. The summed E-state index contributed by atoms with van der Waals surface area (Å²) in [5.74, 6) is -0.939. The minimum absolute atomic E-state index is 0.0970. The molecular weight excluding hydrogens is 841 g/mol. The fraction of sp³-hybridized carbons (Fsp3) is 0.694. The van der Waals surface area contributed by atoms with Gasteiger partial charge in [-0.2, -0.15) is 0 Å². The maximum Gasteiger partial charge on any atom is 0.306 e. The third-order valence-electron chi connectivity index (χ3n) is 11.8. The summed E-state index contributed by atoms with van der Waals surface area (Å²) in [6.07, 6.45) is 73.9. The predicted molar refractivity (Wildman–Crippen MR) is 293 cm³/mol. The van der Waals surface area contributed by atoms with E-state index in [1.54, 1.807) is 0 Å². The van der Waals surface area contributed by atoms with Crippen LogP contribution >= 0.6 is 0 Å². The molecular formula is C62H104O6. The summed E-state index contributed by atoms with van der Waals surface area (Å²) in [7, 11) is 0. The third-order valence-corrected chi connectivity index (χ3v) is 11.8. The first-order valence-corrected chi connectivity index (χ1v) is 28.2. The monoisotopic (exact) mass is 945 g/mol. The standard InChI is InChI=1S/C62H104O6/c1-4-7-10-13-16-19-22-25-28-29-30-31-32-33-35-37-40-43-46-49-52-55-61(64)67-58-59(57-66-60(63)54-51-48-45-42-39-36-27-24-21-18-15-12-9-6-3)68-62(65)56-53-50-47-44-41-38-34-26-23-20-17-14-11-8-5-2/h8,11,15,17-18,20,22,24-27,29-30,32-34,59H,4-7,9-10,12-14,16,19,21,23,28,31,35-58H2,1-3H3/b11-8-,18-15-,20-17-,25-22-,27-24-,30-29-,33-32-,34-26-. The molecule has 0 aliphatic heterocycles. The zero-order valence-corrected chi connectivity index (χ0v) is 44.3. The van der Waals surface area contributed by atoms with Crippen LogP contribution in [-0.2, 0) is 28.6 Å².